The van der Waals surface area contributed by atoms with E-state index in [2.05, 4.69) is 10.4 Å². The van der Waals surface area contributed by atoms with Gasteiger partial charge in [-0.2, -0.15) is 5.10 Å². The molecule has 1 amide bonds. The molecule has 0 radical (unpaired) electrons. The van der Waals surface area contributed by atoms with Crippen molar-refractivity contribution in [3.63, 3.8) is 0 Å². The van der Waals surface area contributed by atoms with E-state index in [1.165, 1.54) is 0 Å². The molecule has 1 N–H and O–H groups in total. The molecule has 1 heterocycles. The fraction of sp³-hybridized carbons (Fsp3) is 0.158. The van der Waals surface area contributed by atoms with Gasteiger partial charge in [0.25, 0.3) is 5.91 Å². The Bertz CT molecular complexity index is 870. The van der Waals surface area contributed by atoms with Crippen LogP contribution in [0.4, 0.5) is 5.69 Å². The van der Waals surface area contributed by atoms with Crippen LogP contribution in [-0.4, -0.2) is 15.7 Å². The summed E-state index contributed by atoms with van der Waals surface area (Å²) in [6, 6.07) is 16.8. The second-order valence-corrected chi connectivity index (χ2v) is 5.53. The van der Waals surface area contributed by atoms with Gasteiger partial charge in [-0.25, -0.2) is 0 Å². The number of ether oxygens (including phenoxy) is 1. The Kier molecular flexibility index (Phi) is 4.33. The van der Waals surface area contributed by atoms with E-state index in [4.69, 9.17) is 4.74 Å². The molecule has 3 rings (SSSR count). The summed E-state index contributed by atoms with van der Waals surface area (Å²) in [6.45, 7) is 3.70. The predicted octanol–water partition coefficient (Wildman–Crippen LogP) is 4.08. The van der Waals surface area contributed by atoms with E-state index in [0.29, 0.717) is 28.4 Å². The number of carbonyl (C=O) groups is 1. The number of anilines is 1. The number of hydrogen-bond donors (Lipinski definition) is 1. The number of para-hydroxylation sites is 3. The van der Waals surface area contributed by atoms with Crippen LogP contribution in [0.5, 0.6) is 11.5 Å². The van der Waals surface area contributed by atoms with Crippen molar-refractivity contribution in [1.82, 2.24) is 9.78 Å². The summed E-state index contributed by atoms with van der Waals surface area (Å²) in [5, 5.41) is 7.21. The summed E-state index contributed by atoms with van der Waals surface area (Å²) in [6.07, 6.45) is 0. The zero-order chi connectivity index (χ0) is 17.1. The van der Waals surface area contributed by atoms with Crippen LogP contribution in [-0.2, 0) is 7.05 Å². The molecule has 0 aliphatic heterocycles. The fourth-order valence-corrected chi connectivity index (χ4v) is 2.56. The minimum Gasteiger partial charge on any atom is -0.455 e. The zero-order valence-electron chi connectivity index (χ0n) is 13.9. The number of rotatable bonds is 4. The fourth-order valence-electron chi connectivity index (χ4n) is 2.56. The van der Waals surface area contributed by atoms with Gasteiger partial charge in [0.05, 0.1) is 16.9 Å². The van der Waals surface area contributed by atoms with Crippen molar-refractivity contribution >= 4 is 11.6 Å². The monoisotopic (exact) mass is 321 g/mol. The van der Waals surface area contributed by atoms with Crippen LogP contribution in [0.25, 0.3) is 0 Å². The predicted molar refractivity (Wildman–Crippen MR) is 93.6 cm³/mol. The number of benzene rings is 2. The molecule has 122 valence electrons. The van der Waals surface area contributed by atoms with Gasteiger partial charge in [-0.15, -0.1) is 0 Å². The van der Waals surface area contributed by atoms with E-state index >= 15 is 0 Å². The van der Waals surface area contributed by atoms with E-state index in [0.717, 1.165) is 5.69 Å². The number of carbonyl (C=O) groups excluding carboxylic acids is 1. The second-order valence-electron chi connectivity index (χ2n) is 5.53. The molecule has 0 saturated carbocycles. The lowest BCUT2D eigenvalue weighted by Gasteiger charge is -2.12. The highest BCUT2D eigenvalue weighted by atomic mass is 16.5. The Hall–Kier alpha value is -3.08. The van der Waals surface area contributed by atoms with Gasteiger partial charge >= 0.3 is 0 Å². The van der Waals surface area contributed by atoms with Gasteiger partial charge in [-0.05, 0) is 38.1 Å². The summed E-state index contributed by atoms with van der Waals surface area (Å²) < 4.78 is 7.58. The smallest absolute Gasteiger partial charge is 0.259 e. The number of amides is 1. The molecule has 1 aromatic heterocycles. The lowest BCUT2D eigenvalue weighted by atomic mass is 10.1. The topological polar surface area (TPSA) is 56.2 Å². The van der Waals surface area contributed by atoms with Gasteiger partial charge in [0.1, 0.15) is 5.75 Å². The number of nitrogens with one attached hydrogen (secondary N) is 1. The van der Waals surface area contributed by atoms with Crippen LogP contribution in [0.1, 0.15) is 21.7 Å². The first-order valence-electron chi connectivity index (χ1n) is 7.69. The molecule has 0 aliphatic rings. The lowest BCUT2D eigenvalue weighted by Crippen LogP contribution is -2.14. The summed E-state index contributed by atoms with van der Waals surface area (Å²) in [5.41, 5.74) is 2.74. The summed E-state index contributed by atoms with van der Waals surface area (Å²) in [4.78, 5) is 12.7. The molecule has 0 bridgehead atoms. The zero-order valence-corrected chi connectivity index (χ0v) is 13.9. The van der Waals surface area contributed by atoms with Crippen molar-refractivity contribution in [2.75, 3.05) is 5.32 Å². The van der Waals surface area contributed by atoms with E-state index < -0.39 is 0 Å². The standard InChI is InChI=1S/C19H19N3O2/c1-13-18(14(2)22(3)21-13)19(23)20-16-11-7-8-12-17(16)24-15-9-5-4-6-10-15/h4-12H,1-3H3,(H,20,23). The summed E-state index contributed by atoms with van der Waals surface area (Å²) >= 11 is 0. The van der Waals surface area contributed by atoms with Gasteiger partial charge in [-0.3, -0.25) is 9.48 Å². The van der Waals surface area contributed by atoms with Crippen molar-refractivity contribution in [2.45, 2.75) is 13.8 Å². The molecular weight excluding hydrogens is 302 g/mol. The van der Waals surface area contributed by atoms with Crippen molar-refractivity contribution < 1.29 is 9.53 Å². The molecular formula is C19H19N3O2. The van der Waals surface area contributed by atoms with Crippen molar-refractivity contribution in [3.8, 4) is 11.5 Å². The highest BCUT2D eigenvalue weighted by molar-refractivity contribution is 6.06. The first-order valence-corrected chi connectivity index (χ1v) is 7.69. The molecule has 0 fully saturated rings. The van der Waals surface area contributed by atoms with Gasteiger partial charge in [0.15, 0.2) is 5.75 Å². The highest BCUT2D eigenvalue weighted by Gasteiger charge is 2.18. The van der Waals surface area contributed by atoms with Crippen molar-refractivity contribution in [1.29, 1.82) is 0 Å². The van der Waals surface area contributed by atoms with Crippen LogP contribution >= 0.6 is 0 Å². The average Bonchev–Trinajstić information content (AvgIpc) is 2.83. The molecule has 3 aromatic rings. The number of aryl methyl sites for hydroxylation is 2. The van der Waals surface area contributed by atoms with Gasteiger partial charge in [0.2, 0.25) is 0 Å². The number of aromatic nitrogens is 2. The SMILES string of the molecule is Cc1nn(C)c(C)c1C(=O)Nc1ccccc1Oc1ccccc1. The molecule has 5 heteroatoms. The van der Waals surface area contributed by atoms with Gasteiger partial charge in [-0.1, -0.05) is 30.3 Å². The van der Waals surface area contributed by atoms with Crippen molar-refractivity contribution in [2.24, 2.45) is 7.05 Å². The van der Waals surface area contributed by atoms with Crippen LogP contribution in [0.2, 0.25) is 0 Å². The summed E-state index contributed by atoms with van der Waals surface area (Å²) in [5.74, 6) is 1.12. The average molecular weight is 321 g/mol. The molecule has 0 saturated heterocycles. The molecule has 0 unspecified atom stereocenters. The molecule has 2 aromatic carbocycles. The number of hydrogen-bond acceptors (Lipinski definition) is 3. The maximum atomic E-state index is 12.7. The quantitative estimate of drug-likeness (QED) is 0.787. The van der Waals surface area contributed by atoms with Crippen LogP contribution in [0.15, 0.2) is 54.6 Å². The largest absolute Gasteiger partial charge is 0.455 e. The molecule has 24 heavy (non-hydrogen) atoms. The first-order chi connectivity index (χ1) is 11.6. The Morgan fingerprint density at radius 2 is 1.71 bits per heavy atom. The highest BCUT2D eigenvalue weighted by Crippen LogP contribution is 2.29. The van der Waals surface area contributed by atoms with Gasteiger partial charge in [0, 0.05) is 12.7 Å². The third kappa shape index (κ3) is 3.15. The third-order valence-corrected chi connectivity index (χ3v) is 3.84. The molecule has 5 nitrogen and oxygen atoms in total. The minimum atomic E-state index is -0.192. The summed E-state index contributed by atoms with van der Waals surface area (Å²) in [7, 11) is 1.82. The van der Waals surface area contributed by atoms with E-state index in [-0.39, 0.29) is 5.91 Å². The molecule has 0 atom stereocenters. The van der Waals surface area contributed by atoms with Crippen LogP contribution in [0, 0.1) is 13.8 Å². The van der Waals surface area contributed by atoms with Gasteiger partial charge < -0.3 is 10.1 Å². The maximum Gasteiger partial charge on any atom is 0.259 e. The minimum absolute atomic E-state index is 0.192. The normalized spacial score (nSPS) is 10.5. The molecule has 0 spiro atoms. The second kappa shape index (κ2) is 6.58. The van der Waals surface area contributed by atoms with E-state index in [9.17, 15) is 4.79 Å². The third-order valence-electron chi connectivity index (χ3n) is 3.84. The number of nitrogens with zero attached hydrogens (tertiary/aromatic N) is 2. The van der Waals surface area contributed by atoms with Crippen LogP contribution < -0.4 is 10.1 Å². The Morgan fingerprint density at radius 3 is 2.38 bits per heavy atom. The Labute approximate surface area is 140 Å². The Balaban J connectivity index is 1.86. The Morgan fingerprint density at radius 1 is 1.04 bits per heavy atom. The lowest BCUT2D eigenvalue weighted by molar-refractivity contribution is 0.102. The molecule has 0 aliphatic carbocycles. The van der Waals surface area contributed by atoms with Crippen LogP contribution in [0.3, 0.4) is 0 Å². The van der Waals surface area contributed by atoms with E-state index in [1.54, 1.807) is 4.68 Å². The maximum absolute atomic E-state index is 12.7. The first kappa shape index (κ1) is 15.8. The van der Waals surface area contributed by atoms with Crippen molar-refractivity contribution in [3.05, 3.63) is 71.5 Å². The van der Waals surface area contributed by atoms with E-state index in [1.807, 2.05) is 75.5 Å².